The molecule has 1 aromatic carbocycles. The molecule has 0 spiro atoms. The zero-order valence-corrected chi connectivity index (χ0v) is 14.2. The number of carbonyl (C=O) groups excluding carboxylic acids is 3. The number of benzene rings is 1. The van der Waals surface area contributed by atoms with E-state index in [2.05, 4.69) is 20.9 Å². The smallest absolute Gasteiger partial charge is 0.251 e. The molecule has 8 heteroatoms. The first-order valence-electron chi connectivity index (χ1n) is 8.45. The summed E-state index contributed by atoms with van der Waals surface area (Å²) in [6.45, 7) is 3.40. The highest BCUT2D eigenvalue weighted by atomic mass is 16.2. The molecule has 136 valence electrons. The summed E-state index contributed by atoms with van der Waals surface area (Å²) < 4.78 is 0. The van der Waals surface area contributed by atoms with Gasteiger partial charge in [0.1, 0.15) is 0 Å². The van der Waals surface area contributed by atoms with Crippen molar-refractivity contribution in [3.8, 4) is 0 Å². The Morgan fingerprint density at radius 1 is 1.00 bits per heavy atom. The summed E-state index contributed by atoms with van der Waals surface area (Å²) in [4.78, 5) is 37.1. The minimum Gasteiger partial charge on any atom is -0.351 e. The number of hydrogen-bond donors (Lipinski definition) is 4. The summed E-state index contributed by atoms with van der Waals surface area (Å²) in [5.74, 6) is -0.881. The molecule has 0 unspecified atom stereocenters. The van der Waals surface area contributed by atoms with Crippen molar-refractivity contribution in [2.45, 2.75) is 12.8 Å². The van der Waals surface area contributed by atoms with E-state index in [-0.39, 0.29) is 24.9 Å². The van der Waals surface area contributed by atoms with Crippen molar-refractivity contribution in [3.05, 3.63) is 29.8 Å². The second-order valence-electron chi connectivity index (χ2n) is 5.91. The molecule has 3 amide bonds. The second-order valence-corrected chi connectivity index (χ2v) is 5.91. The van der Waals surface area contributed by atoms with Crippen molar-refractivity contribution < 1.29 is 14.4 Å². The minimum atomic E-state index is -0.393. The van der Waals surface area contributed by atoms with Gasteiger partial charge in [-0.25, -0.2) is 0 Å². The molecule has 1 fully saturated rings. The van der Waals surface area contributed by atoms with Crippen LogP contribution in [0.5, 0.6) is 0 Å². The van der Waals surface area contributed by atoms with E-state index < -0.39 is 5.91 Å². The van der Waals surface area contributed by atoms with E-state index in [0.717, 1.165) is 19.6 Å². The lowest BCUT2D eigenvalue weighted by atomic mass is 10.2. The summed E-state index contributed by atoms with van der Waals surface area (Å²) in [6.07, 6.45) is 2.47. The Morgan fingerprint density at radius 2 is 1.68 bits per heavy atom. The quantitative estimate of drug-likeness (QED) is 0.507. The van der Waals surface area contributed by atoms with Crippen molar-refractivity contribution in [2.75, 3.05) is 44.6 Å². The summed E-state index contributed by atoms with van der Waals surface area (Å²) in [5, 5.41) is 7.92. The van der Waals surface area contributed by atoms with E-state index in [1.807, 2.05) is 0 Å². The van der Waals surface area contributed by atoms with Gasteiger partial charge >= 0.3 is 0 Å². The third-order valence-electron chi connectivity index (χ3n) is 3.97. The second kappa shape index (κ2) is 9.75. The molecule has 5 N–H and O–H groups in total. The summed E-state index contributed by atoms with van der Waals surface area (Å²) >= 11 is 0. The van der Waals surface area contributed by atoms with Crippen LogP contribution in [0.15, 0.2) is 24.3 Å². The number of likely N-dealkylation sites (tertiary alicyclic amines) is 1. The van der Waals surface area contributed by atoms with Crippen LogP contribution in [-0.2, 0) is 9.59 Å². The fourth-order valence-corrected chi connectivity index (χ4v) is 2.60. The zero-order valence-electron chi connectivity index (χ0n) is 14.2. The summed E-state index contributed by atoms with van der Waals surface area (Å²) in [7, 11) is 0. The molecule has 25 heavy (non-hydrogen) atoms. The number of anilines is 1. The lowest BCUT2D eigenvalue weighted by Crippen LogP contribution is -2.36. The van der Waals surface area contributed by atoms with Crippen LogP contribution in [0.4, 0.5) is 5.69 Å². The molecule has 0 radical (unpaired) electrons. The average molecular weight is 347 g/mol. The van der Waals surface area contributed by atoms with Crippen molar-refractivity contribution in [1.29, 1.82) is 0 Å². The van der Waals surface area contributed by atoms with E-state index in [0.29, 0.717) is 17.8 Å². The number of hydrogen-bond acceptors (Lipinski definition) is 5. The van der Waals surface area contributed by atoms with Gasteiger partial charge in [0.2, 0.25) is 11.8 Å². The number of amides is 3. The maximum Gasteiger partial charge on any atom is 0.251 e. The van der Waals surface area contributed by atoms with Gasteiger partial charge in [0, 0.05) is 24.3 Å². The van der Waals surface area contributed by atoms with Gasteiger partial charge in [0.05, 0.1) is 13.1 Å². The predicted octanol–water partition coefficient (Wildman–Crippen LogP) is -0.474. The van der Waals surface area contributed by atoms with Crippen molar-refractivity contribution in [2.24, 2.45) is 5.73 Å². The van der Waals surface area contributed by atoms with Gasteiger partial charge in [-0.05, 0) is 50.2 Å². The van der Waals surface area contributed by atoms with Gasteiger partial charge in [-0.1, -0.05) is 0 Å². The third-order valence-corrected chi connectivity index (χ3v) is 3.97. The Balaban J connectivity index is 1.73. The molecule has 0 saturated carbocycles. The van der Waals surface area contributed by atoms with Gasteiger partial charge < -0.3 is 26.6 Å². The monoisotopic (exact) mass is 347 g/mol. The van der Waals surface area contributed by atoms with Gasteiger partial charge in [0.15, 0.2) is 0 Å². The molecular weight excluding hydrogens is 322 g/mol. The van der Waals surface area contributed by atoms with Crippen LogP contribution < -0.4 is 21.7 Å². The molecule has 1 aliphatic heterocycles. The Kier molecular flexibility index (Phi) is 7.36. The molecule has 0 aromatic heterocycles. The highest BCUT2D eigenvalue weighted by Crippen LogP contribution is 2.09. The van der Waals surface area contributed by atoms with Crippen LogP contribution in [0.2, 0.25) is 0 Å². The molecule has 1 aromatic rings. The van der Waals surface area contributed by atoms with E-state index in [1.165, 1.54) is 12.8 Å². The average Bonchev–Trinajstić information content (AvgIpc) is 3.13. The van der Waals surface area contributed by atoms with Crippen molar-refractivity contribution in [1.82, 2.24) is 15.5 Å². The minimum absolute atomic E-state index is 0.132. The van der Waals surface area contributed by atoms with Crippen LogP contribution in [0.25, 0.3) is 0 Å². The number of carbonyl (C=O) groups is 3. The van der Waals surface area contributed by atoms with E-state index >= 15 is 0 Å². The lowest BCUT2D eigenvalue weighted by molar-refractivity contribution is -0.123. The maximum absolute atomic E-state index is 12.1. The van der Waals surface area contributed by atoms with Gasteiger partial charge in [-0.3, -0.25) is 14.4 Å². The molecular formula is C17H25N5O3. The largest absolute Gasteiger partial charge is 0.351 e. The molecule has 1 saturated heterocycles. The van der Waals surface area contributed by atoms with Crippen molar-refractivity contribution in [3.63, 3.8) is 0 Å². The first-order valence-corrected chi connectivity index (χ1v) is 8.45. The van der Waals surface area contributed by atoms with Gasteiger partial charge in [-0.15, -0.1) is 0 Å². The SMILES string of the molecule is NCC(=O)NCC(=O)Nc1ccc(C(=O)NCCN2CCCC2)cc1. The van der Waals surface area contributed by atoms with Crippen LogP contribution in [0.3, 0.4) is 0 Å². The Bertz CT molecular complexity index is 597. The predicted molar refractivity (Wildman–Crippen MR) is 95.1 cm³/mol. The van der Waals surface area contributed by atoms with Gasteiger partial charge in [-0.2, -0.15) is 0 Å². The van der Waals surface area contributed by atoms with E-state index in [9.17, 15) is 14.4 Å². The standard InChI is InChI=1S/C17H25N5O3/c18-11-15(23)20-12-16(24)21-14-5-3-13(4-6-14)17(25)19-7-10-22-8-1-2-9-22/h3-6H,1-2,7-12,18H2,(H,19,25)(H,20,23)(H,21,24). The van der Waals surface area contributed by atoms with E-state index in [4.69, 9.17) is 5.73 Å². The molecule has 0 aliphatic carbocycles. The molecule has 1 aliphatic rings. The zero-order chi connectivity index (χ0) is 18.1. The third kappa shape index (κ3) is 6.52. The first-order chi connectivity index (χ1) is 12.1. The summed E-state index contributed by atoms with van der Waals surface area (Å²) in [6, 6.07) is 6.61. The van der Waals surface area contributed by atoms with E-state index in [1.54, 1.807) is 24.3 Å². The highest BCUT2D eigenvalue weighted by Gasteiger charge is 2.12. The fourth-order valence-electron chi connectivity index (χ4n) is 2.60. The summed E-state index contributed by atoms with van der Waals surface area (Å²) in [5.41, 5.74) is 6.24. The van der Waals surface area contributed by atoms with Crippen LogP contribution in [0.1, 0.15) is 23.2 Å². The normalized spacial score (nSPS) is 14.1. The number of nitrogens with zero attached hydrogens (tertiary/aromatic N) is 1. The van der Waals surface area contributed by atoms with Crippen molar-refractivity contribution >= 4 is 23.4 Å². The Morgan fingerprint density at radius 3 is 2.32 bits per heavy atom. The first kappa shape index (κ1) is 18.9. The van der Waals surface area contributed by atoms with Crippen LogP contribution in [0, 0.1) is 0 Å². The molecule has 2 rings (SSSR count). The highest BCUT2D eigenvalue weighted by molar-refractivity contribution is 5.97. The fraction of sp³-hybridized carbons (Fsp3) is 0.471. The molecule has 0 bridgehead atoms. The Labute approximate surface area is 147 Å². The van der Waals surface area contributed by atoms with Crippen LogP contribution in [-0.4, -0.2) is 61.9 Å². The number of nitrogens with two attached hydrogens (primary N) is 1. The number of nitrogens with one attached hydrogen (secondary N) is 3. The number of rotatable bonds is 8. The topological polar surface area (TPSA) is 117 Å². The maximum atomic E-state index is 12.1. The molecule has 0 atom stereocenters. The molecule has 1 heterocycles. The Hall–Kier alpha value is -2.45. The lowest BCUT2D eigenvalue weighted by Gasteiger charge is -2.14. The van der Waals surface area contributed by atoms with Gasteiger partial charge in [0.25, 0.3) is 5.91 Å². The molecule has 8 nitrogen and oxygen atoms in total. The van der Waals surface area contributed by atoms with Crippen LogP contribution >= 0.6 is 0 Å².